The number of nitrogens with one attached hydrogen (secondary N) is 1. The number of ether oxygens (including phenoxy) is 1. The first-order valence-electron chi connectivity index (χ1n) is 9.16. The van der Waals surface area contributed by atoms with Gasteiger partial charge in [-0.3, -0.25) is 14.6 Å². The summed E-state index contributed by atoms with van der Waals surface area (Å²) in [6, 6.07) is 15.1. The molecule has 1 atom stereocenters. The Balaban J connectivity index is 1.56. The zero-order valence-corrected chi connectivity index (χ0v) is 15.8. The quantitative estimate of drug-likeness (QED) is 0.757. The van der Waals surface area contributed by atoms with Crippen LogP contribution in [0.25, 0.3) is 10.9 Å². The Hall–Kier alpha value is -3.41. The van der Waals surface area contributed by atoms with Crippen LogP contribution in [0.5, 0.6) is 5.75 Å². The number of hydrogen-bond donors (Lipinski definition) is 1. The topological polar surface area (TPSA) is 71.5 Å². The van der Waals surface area contributed by atoms with Gasteiger partial charge in [-0.1, -0.05) is 24.3 Å². The fraction of sp³-hybridized carbons (Fsp3) is 0.227. The van der Waals surface area contributed by atoms with Crippen molar-refractivity contribution in [2.24, 2.45) is 5.92 Å². The fourth-order valence-electron chi connectivity index (χ4n) is 3.57. The molecule has 0 aliphatic carbocycles. The Morgan fingerprint density at radius 2 is 2.04 bits per heavy atom. The standard InChI is InChI=1S/C22H21N3O3/c1-14-8-9-19(28-2)18(11-14)25-13-16(12-20(25)26)22(27)24-17-7-3-5-15-6-4-10-23-21(15)17/h3-11,16H,12-13H2,1-2H3,(H,24,27). The molecule has 0 saturated carbocycles. The molecule has 4 rings (SSSR count). The van der Waals surface area contributed by atoms with Gasteiger partial charge in [0.15, 0.2) is 0 Å². The van der Waals surface area contributed by atoms with E-state index in [-0.39, 0.29) is 18.2 Å². The molecule has 0 radical (unpaired) electrons. The number of pyridine rings is 1. The Kier molecular flexibility index (Phi) is 4.69. The molecule has 2 amide bonds. The molecule has 1 aliphatic heterocycles. The van der Waals surface area contributed by atoms with Gasteiger partial charge in [-0.05, 0) is 36.8 Å². The number of aromatic nitrogens is 1. The van der Waals surface area contributed by atoms with E-state index in [4.69, 9.17) is 4.74 Å². The predicted octanol–water partition coefficient (Wildman–Crippen LogP) is 3.54. The summed E-state index contributed by atoms with van der Waals surface area (Å²) in [4.78, 5) is 31.5. The summed E-state index contributed by atoms with van der Waals surface area (Å²) in [5, 5.41) is 3.90. The van der Waals surface area contributed by atoms with Gasteiger partial charge >= 0.3 is 0 Å². The average molecular weight is 375 g/mol. The molecule has 2 heterocycles. The minimum absolute atomic E-state index is 0.0832. The van der Waals surface area contributed by atoms with Crippen molar-refractivity contribution in [3.63, 3.8) is 0 Å². The number of para-hydroxylation sites is 1. The fourth-order valence-corrected chi connectivity index (χ4v) is 3.57. The van der Waals surface area contributed by atoms with E-state index in [9.17, 15) is 9.59 Å². The lowest BCUT2D eigenvalue weighted by Crippen LogP contribution is -2.28. The van der Waals surface area contributed by atoms with Gasteiger partial charge in [0.25, 0.3) is 0 Å². The van der Waals surface area contributed by atoms with Crippen LogP contribution in [0.2, 0.25) is 0 Å². The molecule has 2 aromatic carbocycles. The van der Waals surface area contributed by atoms with E-state index < -0.39 is 5.92 Å². The number of benzene rings is 2. The molecule has 1 aliphatic rings. The van der Waals surface area contributed by atoms with Crippen LogP contribution in [0, 0.1) is 12.8 Å². The highest BCUT2D eigenvalue weighted by molar-refractivity contribution is 6.06. The Morgan fingerprint density at radius 3 is 2.86 bits per heavy atom. The van der Waals surface area contributed by atoms with E-state index in [2.05, 4.69) is 10.3 Å². The minimum Gasteiger partial charge on any atom is -0.495 e. The van der Waals surface area contributed by atoms with E-state index in [1.54, 1.807) is 18.2 Å². The van der Waals surface area contributed by atoms with Gasteiger partial charge < -0.3 is 15.0 Å². The number of carbonyl (C=O) groups is 2. The highest BCUT2D eigenvalue weighted by Crippen LogP contribution is 2.34. The van der Waals surface area contributed by atoms with E-state index in [1.165, 1.54) is 0 Å². The number of fused-ring (bicyclic) bond motifs is 1. The minimum atomic E-state index is -0.434. The van der Waals surface area contributed by atoms with E-state index in [0.717, 1.165) is 16.5 Å². The molecule has 1 unspecified atom stereocenters. The molecular formula is C22H21N3O3. The van der Waals surface area contributed by atoms with Crippen molar-refractivity contribution in [2.45, 2.75) is 13.3 Å². The van der Waals surface area contributed by atoms with Crippen LogP contribution in [-0.2, 0) is 9.59 Å². The van der Waals surface area contributed by atoms with Crippen molar-refractivity contribution < 1.29 is 14.3 Å². The third kappa shape index (κ3) is 3.29. The molecular weight excluding hydrogens is 354 g/mol. The highest BCUT2D eigenvalue weighted by atomic mass is 16.5. The molecule has 142 valence electrons. The van der Waals surface area contributed by atoms with Crippen LogP contribution in [0.3, 0.4) is 0 Å². The maximum Gasteiger partial charge on any atom is 0.229 e. The zero-order chi connectivity index (χ0) is 19.7. The van der Waals surface area contributed by atoms with Gasteiger partial charge in [-0.15, -0.1) is 0 Å². The number of hydrogen-bond acceptors (Lipinski definition) is 4. The summed E-state index contributed by atoms with van der Waals surface area (Å²) in [5.74, 6) is -0.0735. The lowest BCUT2D eigenvalue weighted by atomic mass is 10.1. The molecule has 0 spiro atoms. The van der Waals surface area contributed by atoms with Crippen molar-refractivity contribution in [3.05, 3.63) is 60.3 Å². The summed E-state index contributed by atoms with van der Waals surface area (Å²) in [6.07, 6.45) is 1.87. The van der Waals surface area contributed by atoms with Crippen LogP contribution >= 0.6 is 0 Å². The summed E-state index contributed by atoms with van der Waals surface area (Å²) in [7, 11) is 1.58. The van der Waals surface area contributed by atoms with Gasteiger partial charge in [0, 0.05) is 24.5 Å². The number of methoxy groups -OCH3 is 1. The normalized spacial score (nSPS) is 16.4. The number of anilines is 2. The van der Waals surface area contributed by atoms with Crippen molar-refractivity contribution >= 4 is 34.1 Å². The second-order valence-corrected chi connectivity index (χ2v) is 6.95. The van der Waals surface area contributed by atoms with Crippen LogP contribution in [0.1, 0.15) is 12.0 Å². The first-order valence-corrected chi connectivity index (χ1v) is 9.16. The molecule has 1 fully saturated rings. The SMILES string of the molecule is COc1ccc(C)cc1N1CC(C(=O)Nc2cccc3cccnc23)CC1=O. The Labute approximate surface area is 163 Å². The maximum absolute atomic E-state index is 12.9. The van der Waals surface area contributed by atoms with E-state index >= 15 is 0 Å². The summed E-state index contributed by atoms with van der Waals surface area (Å²) < 4.78 is 5.40. The maximum atomic E-state index is 12.9. The van der Waals surface area contributed by atoms with Crippen LogP contribution in [-0.4, -0.2) is 30.5 Å². The summed E-state index contributed by atoms with van der Waals surface area (Å²) >= 11 is 0. The number of aryl methyl sites for hydroxylation is 1. The lowest BCUT2D eigenvalue weighted by Gasteiger charge is -2.20. The third-order valence-corrected chi connectivity index (χ3v) is 5.01. The third-order valence-electron chi connectivity index (χ3n) is 5.01. The van der Waals surface area contributed by atoms with Gasteiger partial charge in [-0.25, -0.2) is 0 Å². The number of nitrogens with zero attached hydrogens (tertiary/aromatic N) is 2. The average Bonchev–Trinajstić information content (AvgIpc) is 3.10. The second-order valence-electron chi connectivity index (χ2n) is 6.95. The van der Waals surface area contributed by atoms with Gasteiger partial charge in [0.2, 0.25) is 11.8 Å². The van der Waals surface area contributed by atoms with E-state index in [0.29, 0.717) is 23.7 Å². The first kappa shape index (κ1) is 18.0. The molecule has 6 nitrogen and oxygen atoms in total. The van der Waals surface area contributed by atoms with Crippen LogP contribution in [0.4, 0.5) is 11.4 Å². The smallest absolute Gasteiger partial charge is 0.229 e. The van der Waals surface area contributed by atoms with Crippen molar-refractivity contribution in [1.82, 2.24) is 4.98 Å². The van der Waals surface area contributed by atoms with Crippen molar-refractivity contribution in [3.8, 4) is 5.75 Å². The second kappa shape index (κ2) is 7.31. The van der Waals surface area contributed by atoms with Crippen molar-refractivity contribution in [2.75, 3.05) is 23.9 Å². The molecule has 3 aromatic rings. The Bertz CT molecular complexity index is 1060. The molecule has 6 heteroatoms. The lowest BCUT2D eigenvalue weighted by molar-refractivity contribution is -0.122. The van der Waals surface area contributed by atoms with E-state index in [1.807, 2.05) is 55.5 Å². The van der Waals surface area contributed by atoms with Gasteiger partial charge in [0.05, 0.1) is 29.9 Å². The number of carbonyl (C=O) groups excluding carboxylic acids is 2. The summed E-state index contributed by atoms with van der Waals surface area (Å²) in [6.45, 7) is 2.28. The van der Waals surface area contributed by atoms with Gasteiger partial charge in [-0.2, -0.15) is 0 Å². The van der Waals surface area contributed by atoms with Crippen LogP contribution in [0.15, 0.2) is 54.7 Å². The van der Waals surface area contributed by atoms with Crippen molar-refractivity contribution in [1.29, 1.82) is 0 Å². The number of amides is 2. The molecule has 1 saturated heterocycles. The highest BCUT2D eigenvalue weighted by Gasteiger charge is 2.36. The van der Waals surface area contributed by atoms with Gasteiger partial charge in [0.1, 0.15) is 5.75 Å². The molecule has 1 N–H and O–H groups in total. The molecule has 1 aromatic heterocycles. The zero-order valence-electron chi connectivity index (χ0n) is 15.8. The Morgan fingerprint density at radius 1 is 1.21 bits per heavy atom. The first-order chi connectivity index (χ1) is 13.6. The number of rotatable bonds is 4. The monoisotopic (exact) mass is 375 g/mol. The summed E-state index contributed by atoms with van der Waals surface area (Å²) in [5.41, 5.74) is 3.12. The van der Waals surface area contributed by atoms with Crippen LogP contribution < -0.4 is 15.0 Å². The largest absolute Gasteiger partial charge is 0.495 e. The molecule has 0 bridgehead atoms. The predicted molar refractivity (Wildman–Crippen MR) is 109 cm³/mol. The molecule has 28 heavy (non-hydrogen) atoms.